The van der Waals surface area contributed by atoms with Gasteiger partial charge in [-0.25, -0.2) is 4.79 Å². The van der Waals surface area contributed by atoms with E-state index < -0.39 is 11.9 Å². The van der Waals surface area contributed by atoms with Gasteiger partial charge in [-0.3, -0.25) is 9.59 Å². The summed E-state index contributed by atoms with van der Waals surface area (Å²) in [6.45, 7) is 2.08. The molecule has 1 aliphatic heterocycles. The van der Waals surface area contributed by atoms with Crippen molar-refractivity contribution in [2.24, 2.45) is 5.92 Å². The topological polar surface area (TPSA) is 75.7 Å². The smallest absolute Gasteiger partial charge is 0.337 e. The van der Waals surface area contributed by atoms with Gasteiger partial charge in [0.15, 0.2) is 0 Å². The Hall–Kier alpha value is -2.86. The summed E-state index contributed by atoms with van der Waals surface area (Å²) >= 11 is 6.17. The Morgan fingerprint density at radius 1 is 1.22 bits per heavy atom. The first-order valence-electron chi connectivity index (χ1n) is 8.45. The summed E-state index contributed by atoms with van der Waals surface area (Å²) < 4.78 is 4.71. The van der Waals surface area contributed by atoms with E-state index in [1.807, 2.05) is 6.92 Å². The fraction of sp³-hybridized carbons (Fsp3) is 0.250. The van der Waals surface area contributed by atoms with E-state index in [4.69, 9.17) is 16.3 Å². The van der Waals surface area contributed by atoms with Crippen molar-refractivity contribution in [2.45, 2.75) is 13.3 Å². The fourth-order valence-corrected chi connectivity index (χ4v) is 3.26. The summed E-state index contributed by atoms with van der Waals surface area (Å²) in [6.07, 6.45) is 0.104. The Morgan fingerprint density at radius 2 is 1.96 bits per heavy atom. The second-order valence-corrected chi connectivity index (χ2v) is 6.77. The van der Waals surface area contributed by atoms with Crippen LogP contribution in [-0.4, -0.2) is 31.4 Å². The van der Waals surface area contributed by atoms with Crippen molar-refractivity contribution in [2.75, 3.05) is 23.9 Å². The van der Waals surface area contributed by atoms with Crippen molar-refractivity contribution in [3.63, 3.8) is 0 Å². The zero-order chi connectivity index (χ0) is 19.6. The lowest BCUT2D eigenvalue weighted by molar-refractivity contribution is -0.122. The first kappa shape index (κ1) is 18.9. The van der Waals surface area contributed by atoms with Gasteiger partial charge in [0, 0.05) is 18.7 Å². The van der Waals surface area contributed by atoms with Gasteiger partial charge in [-0.1, -0.05) is 29.8 Å². The average Bonchev–Trinajstić information content (AvgIpc) is 3.05. The number of para-hydroxylation sites is 1. The number of hydrogen-bond donors (Lipinski definition) is 1. The second kappa shape index (κ2) is 7.80. The normalized spacial score (nSPS) is 16.3. The highest BCUT2D eigenvalue weighted by atomic mass is 35.5. The van der Waals surface area contributed by atoms with E-state index in [1.165, 1.54) is 12.0 Å². The Kier molecular flexibility index (Phi) is 5.46. The molecule has 0 radical (unpaired) electrons. The maximum absolute atomic E-state index is 12.7. The number of rotatable bonds is 4. The van der Waals surface area contributed by atoms with Crippen LogP contribution in [0.2, 0.25) is 5.02 Å². The summed E-state index contributed by atoms with van der Waals surface area (Å²) in [5.74, 6) is -1.41. The maximum Gasteiger partial charge on any atom is 0.337 e. The van der Waals surface area contributed by atoms with Crippen LogP contribution in [-0.2, 0) is 14.3 Å². The molecule has 3 rings (SSSR count). The largest absolute Gasteiger partial charge is 0.465 e. The minimum absolute atomic E-state index is 0.104. The molecule has 0 saturated carbocycles. The maximum atomic E-state index is 12.7. The Bertz CT molecular complexity index is 913. The van der Waals surface area contributed by atoms with Crippen LogP contribution in [0.25, 0.3) is 0 Å². The zero-order valence-corrected chi connectivity index (χ0v) is 15.7. The van der Waals surface area contributed by atoms with Crippen LogP contribution < -0.4 is 10.2 Å². The number of nitrogens with zero attached hydrogens (tertiary/aromatic N) is 1. The van der Waals surface area contributed by atoms with E-state index in [0.29, 0.717) is 22.0 Å². The lowest BCUT2D eigenvalue weighted by Crippen LogP contribution is -2.28. The number of ether oxygens (including phenoxy) is 1. The van der Waals surface area contributed by atoms with E-state index in [0.717, 1.165) is 5.56 Å². The minimum Gasteiger partial charge on any atom is -0.465 e. The van der Waals surface area contributed by atoms with E-state index in [-0.39, 0.29) is 24.8 Å². The van der Waals surface area contributed by atoms with E-state index in [1.54, 1.807) is 42.5 Å². The molecule has 0 spiro atoms. The standard InChI is InChI=1S/C20H19ClN2O4/c1-12-7-8-13(20(26)27-2)9-16(12)22-19(25)14-10-18(24)23(11-14)17-6-4-3-5-15(17)21/h3-9,14H,10-11H2,1-2H3,(H,22,25). The van der Waals surface area contributed by atoms with Gasteiger partial charge in [-0.05, 0) is 36.8 Å². The lowest BCUT2D eigenvalue weighted by atomic mass is 10.1. The molecule has 1 atom stereocenters. The average molecular weight is 387 g/mol. The summed E-state index contributed by atoms with van der Waals surface area (Å²) in [5, 5.41) is 3.29. The number of nitrogens with one attached hydrogen (secondary N) is 1. The third-order valence-corrected chi connectivity index (χ3v) is 4.88. The van der Waals surface area contributed by atoms with Gasteiger partial charge < -0.3 is 15.0 Å². The molecule has 1 aliphatic rings. The molecule has 1 saturated heterocycles. The Balaban J connectivity index is 1.75. The van der Waals surface area contributed by atoms with Crippen LogP contribution in [0.3, 0.4) is 0 Å². The molecule has 2 aromatic carbocycles. The lowest BCUT2D eigenvalue weighted by Gasteiger charge is -2.18. The number of anilines is 2. The highest BCUT2D eigenvalue weighted by molar-refractivity contribution is 6.33. The summed E-state index contributed by atoms with van der Waals surface area (Å²) in [6, 6.07) is 12.0. The molecule has 2 amide bonds. The molecule has 0 aromatic heterocycles. The zero-order valence-electron chi connectivity index (χ0n) is 15.0. The fourth-order valence-electron chi connectivity index (χ4n) is 3.02. The number of methoxy groups -OCH3 is 1. The van der Waals surface area contributed by atoms with Crippen molar-refractivity contribution < 1.29 is 19.1 Å². The predicted molar refractivity (Wildman–Crippen MR) is 103 cm³/mol. The predicted octanol–water partition coefficient (Wildman–Crippen LogP) is 3.43. The molecule has 140 valence electrons. The van der Waals surface area contributed by atoms with Gasteiger partial charge in [0.1, 0.15) is 0 Å². The third-order valence-electron chi connectivity index (χ3n) is 4.56. The molecule has 0 aliphatic carbocycles. The number of aryl methyl sites for hydroxylation is 1. The van der Waals surface area contributed by atoms with E-state index in [9.17, 15) is 14.4 Å². The number of hydrogen-bond acceptors (Lipinski definition) is 4. The molecule has 2 aromatic rings. The van der Waals surface area contributed by atoms with Gasteiger partial charge >= 0.3 is 5.97 Å². The molecule has 6 nitrogen and oxygen atoms in total. The molecule has 1 unspecified atom stereocenters. The molecule has 1 heterocycles. The van der Waals surface area contributed by atoms with Crippen molar-refractivity contribution in [1.29, 1.82) is 0 Å². The quantitative estimate of drug-likeness (QED) is 0.817. The van der Waals surface area contributed by atoms with Gasteiger partial charge in [-0.2, -0.15) is 0 Å². The molecule has 0 bridgehead atoms. The van der Waals surface area contributed by atoms with E-state index in [2.05, 4.69) is 5.32 Å². The van der Waals surface area contributed by atoms with Crippen LogP contribution in [0.1, 0.15) is 22.3 Å². The molecule has 7 heteroatoms. The third kappa shape index (κ3) is 3.95. The number of carbonyl (C=O) groups excluding carboxylic acids is 3. The summed E-state index contributed by atoms with van der Waals surface area (Å²) in [5.41, 5.74) is 2.27. The van der Waals surface area contributed by atoms with Crippen molar-refractivity contribution in [3.05, 3.63) is 58.6 Å². The SMILES string of the molecule is COC(=O)c1ccc(C)c(NC(=O)C2CC(=O)N(c3ccccc3Cl)C2)c1. The van der Waals surface area contributed by atoms with Crippen LogP contribution in [0, 0.1) is 12.8 Å². The molecular weight excluding hydrogens is 368 g/mol. The van der Waals surface area contributed by atoms with Crippen LogP contribution in [0.15, 0.2) is 42.5 Å². The highest BCUT2D eigenvalue weighted by Crippen LogP contribution is 2.31. The number of halogens is 1. The Morgan fingerprint density at radius 3 is 2.67 bits per heavy atom. The molecule has 1 N–H and O–H groups in total. The van der Waals surface area contributed by atoms with Gasteiger partial charge in [0.25, 0.3) is 0 Å². The van der Waals surface area contributed by atoms with E-state index >= 15 is 0 Å². The van der Waals surface area contributed by atoms with Crippen molar-refractivity contribution in [3.8, 4) is 0 Å². The van der Waals surface area contributed by atoms with Gasteiger partial charge in [-0.15, -0.1) is 0 Å². The summed E-state index contributed by atoms with van der Waals surface area (Å²) in [7, 11) is 1.30. The van der Waals surface area contributed by atoms with Crippen molar-refractivity contribution >= 4 is 40.8 Å². The molecular formula is C20H19ClN2O4. The highest BCUT2D eigenvalue weighted by Gasteiger charge is 2.36. The number of carbonyl (C=O) groups is 3. The van der Waals surface area contributed by atoms with Crippen LogP contribution >= 0.6 is 11.6 Å². The first-order valence-corrected chi connectivity index (χ1v) is 8.83. The summed E-state index contributed by atoms with van der Waals surface area (Å²) in [4.78, 5) is 38.3. The van der Waals surface area contributed by atoms with Crippen LogP contribution in [0.5, 0.6) is 0 Å². The number of benzene rings is 2. The van der Waals surface area contributed by atoms with Gasteiger partial charge in [0.2, 0.25) is 11.8 Å². The molecule has 1 fully saturated rings. The Labute approximate surface area is 162 Å². The minimum atomic E-state index is -0.505. The monoisotopic (exact) mass is 386 g/mol. The first-order chi connectivity index (χ1) is 12.9. The molecule has 27 heavy (non-hydrogen) atoms. The number of esters is 1. The van der Waals surface area contributed by atoms with Crippen LogP contribution in [0.4, 0.5) is 11.4 Å². The second-order valence-electron chi connectivity index (χ2n) is 6.37. The van der Waals surface area contributed by atoms with Gasteiger partial charge in [0.05, 0.1) is 29.3 Å². The number of amides is 2. The van der Waals surface area contributed by atoms with Crippen molar-refractivity contribution in [1.82, 2.24) is 0 Å².